The molecule has 35 heavy (non-hydrogen) atoms. The molecule has 1 aliphatic rings. The molecule has 0 saturated carbocycles. The smallest absolute Gasteiger partial charge is 0.418 e. The highest BCUT2D eigenvalue weighted by Gasteiger charge is 2.34. The second-order valence-corrected chi connectivity index (χ2v) is 8.98. The van der Waals surface area contributed by atoms with Gasteiger partial charge in [-0.25, -0.2) is 0 Å². The standard InChI is InChI=1S/C25H17F3N2O3S2/c26-25(27,28)19-11-4-5-12-20(19)29-22(31)15-33-18-10-6-7-16(13-18)14-21-23(32)30(24(34)35-21)17-8-2-1-3-9-17/h1-14H,15H2,(H,29,31)/b21-14-. The van der Waals surface area contributed by atoms with E-state index in [0.717, 1.165) is 6.07 Å². The van der Waals surface area contributed by atoms with Crippen LogP contribution >= 0.6 is 24.0 Å². The number of rotatable bonds is 6. The minimum absolute atomic E-state index is 0.250. The van der Waals surface area contributed by atoms with Crippen LogP contribution in [-0.4, -0.2) is 22.7 Å². The number of hydrogen-bond donors (Lipinski definition) is 1. The largest absolute Gasteiger partial charge is 0.484 e. The van der Waals surface area contributed by atoms with E-state index >= 15 is 0 Å². The van der Waals surface area contributed by atoms with Crippen LogP contribution in [0.4, 0.5) is 24.5 Å². The number of thiocarbonyl (C=S) groups is 1. The fourth-order valence-electron chi connectivity index (χ4n) is 3.29. The Balaban J connectivity index is 1.42. The summed E-state index contributed by atoms with van der Waals surface area (Å²) in [4.78, 5) is 27.0. The van der Waals surface area contributed by atoms with Gasteiger partial charge in [-0.3, -0.25) is 14.5 Å². The number of carbonyl (C=O) groups is 2. The number of para-hydroxylation sites is 2. The molecule has 1 aliphatic heterocycles. The van der Waals surface area contributed by atoms with E-state index in [0.29, 0.717) is 26.2 Å². The molecule has 1 N–H and O–H groups in total. The molecule has 178 valence electrons. The highest BCUT2D eigenvalue weighted by molar-refractivity contribution is 8.27. The van der Waals surface area contributed by atoms with Crippen molar-refractivity contribution in [1.29, 1.82) is 0 Å². The van der Waals surface area contributed by atoms with Crippen molar-refractivity contribution in [1.82, 2.24) is 0 Å². The van der Waals surface area contributed by atoms with Gasteiger partial charge in [0, 0.05) is 0 Å². The third-order valence-corrected chi connectivity index (χ3v) is 6.14. The van der Waals surface area contributed by atoms with Gasteiger partial charge in [0.2, 0.25) is 0 Å². The number of alkyl halides is 3. The summed E-state index contributed by atoms with van der Waals surface area (Å²) in [6, 6.07) is 20.4. The van der Waals surface area contributed by atoms with Gasteiger partial charge >= 0.3 is 6.18 Å². The van der Waals surface area contributed by atoms with E-state index in [1.807, 2.05) is 18.2 Å². The maximum absolute atomic E-state index is 13.1. The number of hydrogen-bond acceptors (Lipinski definition) is 5. The summed E-state index contributed by atoms with van der Waals surface area (Å²) in [6.45, 7) is -0.494. The molecule has 3 aromatic carbocycles. The van der Waals surface area contributed by atoms with E-state index in [1.165, 1.54) is 34.9 Å². The second-order valence-electron chi connectivity index (χ2n) is 7.31. The van der Waals surface area contributed by atoms with Crippen LogP contribution < -0.4 is 15.0 Å². The first-order valence-corrected chi connectivity index (χ1v) is 11.5. The predicted molar refractivity (Wildman–Crippen MR) is 134 cm³/mol. The summed E-state index contributed by atoms with van der Waals surface area (Å²) in [5.41, 5.74) is 0.0263. The number of halogens is 3. The summed E-state index contributed by atoms with van der Waals surface area (Å²) >= 11 is 6.53. The summed E-state index contributed by atoms with van der Waals surface area (Å²) in [7, 11) is 0. The first kappa shape index (κ1) is 24.5. The van der Waals surface area contributed by atoms with Gasteiger partial charge in [0.05, 0.1) is 21.8 Å². The Labute approximate surface area is 208 Å². The van der Waals surface area contributed by atoms with Crippen molar-refractivity contribution in [2.75, 3.05) is 16.8 Å². The zero-order chi connectivity index (χ0) is 25.0. The Bertz CT molecular complexity index is 1310. The highest BCUT2D eigenvalue weighted by Crippen LogP contribution is 2.36. The average molecular weight is 515 g/mol. The van der Waals surface area contributed by atoms with E-state index in [-0.39, 0.29) is 11.6 Å². The molecule has 0 radical (unpaired) electrons. The lowest BCUT2D eigenvalue weighted by atomic mass is 10.1. The fourth-order valence-corrected chi connectivity index (χ4v) is 4.59. The van der Waals surface area contributed by atoms with E-state index in [9.17, 15) is 22.8 Å². The highest BCUT2D eigenvalue weighted by atomic mass is 32.2. The molecule has 0 aliphatic carbocycles. The van der Waals surface area contributed by atoms with Crippen molar-refractivity contribution in [2.45, 2.75) is 6.18 Å². The van der Waals surface area contributed by atoms with Gasteiger partial charge in [-0.2, -0.15) is 13.2 Å². The summed E-state index contributed by atoms with van der Waals surface area (Å²) < 4.78 is 45.2. The molecule has 1 fully saturated rings. The van der Waals surface area contributed by atoms with Crippen molar-refractivity contribution < 1.29 is 27.5 Å². The lowest BCUT2D eigenvalue weighted by Gasteiger charge is -2.14. The van der Waals surface area contributed by atoms with E-state index in [2.05, 4.69) is 5.32 Å². The number of nitrogens with one attached hydrogen (secondary N) is 1. The first-order chi connectivity index (χ1) is 16.7. The van der Waals surface area contributed by atoms with Crippen molar-refractivity contribution in [3.63, 3.8) is 0 Å². The van der Waals surface area contributed by atoms with Gasteiger partial charge < -0.3 is 10.1 Å². The van der Waals surface area contributed by atoms with Crippen LogP contribution in [0.25, 0.3) is 6.08 Å². The molecule has 0 bridgehead atoms. The molecule has 5 nitrogen and oxygen atoms in total. The Morgan fingerprint density at radius 3 is 2.49 bits per heavy atom. The molecule has 0 atom stereocenters. The molecule has 0 unspecified atom stereocenters. The van der Waals surface area contributed by atoms with E-state index in [1.54, 1.807) is 42.5 Å². The molecule has 2 amide bonds. The summed E-state index contributed by atoms with van der Waals surface area (Å²) in [5, 5.41) is 2.23. The third kappa shape index (κ3) is 5.90. The van der Waals surface area contributed by atoms with Gasteiger partial charge in [0.1, 0.15) is 5.75 Å². The van der Waals surface area contributed by atoms with Crippen LogP contribution in [-0.2, 0) is 15.8 Å². The van der Waals surface area contributed by atoms with Gasteiger partial charge in [-0.1, -0.05) is 66.4 Å². The first-order valence-electron chi connectivity index (χ1n) is 10.2. The van der Waals surface area contributed by atoms with Crippen LogP contribution in [0.2, 0.25) is 0 Å². The SMILES string of the molecule is O=C(COc1cccc(/C=C2\SC(=S)N(c3ccccc3)C2=O)c1)Nc1ccccc1C(F)(F)F. The molecule has 3 aromatic rings. The van der Waals surface area contributed by atoms with Gasteiger partial charge in [-0.15, -0.1) is 0 Å². The van der Waals surface area contributed by atoms with Crippen LogP contribution in [0.3, 0.4) is 0 Å². The molecule has 10 heteroatoms. The minimum atomic E-state index is -4.60. The zero-order valence-corrected chi connectivity index (χ0v) is 19.5. The topological polar surface area (TPSA) is 58.6 Å². The Kier molecular flexibility index (Phi) is 7.23. The van der Waals surface area contributed by atoms with E-state index < -0.39 is 24.3 Å². The number of benzene rings is 3. The minimum Gasteiger partial charge on any atom is -0.484 e. The van der Waals surface area contributed by atoms with Crippen LogP contribution in [0.5, 0.6) is 5.75 Å². The lowest BCUT2D eigenvalue weighted by Crippen LogP contribution is -2.27. The average Bonchev–Trinajstić information content (AvgIpc) is 3.10. The van der Waals surface area contributed by atoms with Crippen molar-refractivity contribution in [2.24, 2.45) is 0 Å². The number of ether oxygens (including phenoxy) is 1. The van der Waals surface area contributed by atoms with Gasteiger partial charge in [-0.05, 0) is 48.0 Å². The fraction of sp³-hybridized carbons (Fsp3) is 0.0800. The quantitative estimate of drug-likeness (QED) is 0.317. The number of amides is 2. The third-order valence-electron chi connectivity index (χ3n) is 4.84. The molecular weight excluding hydrogens is 497 g/mol. The number of carbonyl (C=O) groups excluding carboxylic acids is 2. The predicted octanol–water partition coefficient (Wildman–Crippen LogP) is 6.13. The van der Waals surface area contributed by atoms with Crippen molar-refractivity contribution in [3.8, 4) is 5.75 Å². The lowest BCUT2D eigenvalue weighted by molar-refractivity contribution is -0.137. The van der Waals surface area contributed by atoms with Crippen LogP contribution in [0.15, 0.2) is 83.8 Å². The Hall–Kier alpha value is -3.63. The normalized spacial score (nSPS) is 14.9. The monoisotopic (exact) mass is 514 g/mol. The van der Waals surface area contributed by atoms with Crippen molar-refractivity contribution >= 4 is 57.6 Å². The maximum atomic E-state index is 13.1. The molecular formula is C25H17F3N2O3S2. The second kappa shape index (κ2) is 10.3. The van der Waals surface area contributed by atoms with Crippen LogP contribution in [0, 0.1) is 0 Å². The molecule has 0 aromatic heterocycles. The Morgan fingerprint density at radius 1 is 1.03 bits per heavy atom. The zero-order valence-electron chi connectivity index (χ0n) is 17.9. The summed E-state index contributed by atoms with van der Waals surface area (Å²) in [6.07, 6.45) is -2.94. The molecule has 4 rings (SSSR count). The molecule has 1 heterocycles. The molecule has 1 saturated heterocycles. The number of anilines is 2. The maximum Gasteiger partial charge on any atom is 0.418 e. The molecule has 0 spiro atoms. The van der Waals surface area contributed by atoms with Crippen LogP contribution in [0.1, 0.15) is 11.1 Å². The van der Waals surface area contributed by atoms with Gasteiger partial charge in [0.15, 0.2) is 10.9 Å². The van der Waals surface area contributed by atoms with Crippen molar-refractivity contribution in [3.05, 3.63) is 94.9 Å². The summed E-state index contributed by atoms with van der Waals surface area (Å²) in [5.74, 6) is -0.674. The Morgan fingerprint density at radius 2 is 1.74 bits per heavy atom. The van der Waals surface area contributed by atoms with Gasteiger partial charge in [0.25, 0.3) is 11.8 Å². The number of nitrogens with zero attached hydrogens (tertiary/aromatic N) is 1. The number of thioether (sulfide) groups is 1. The van der Waals surface area contributed by atoms with E-state index in [4.69, 9.17) is 17.0 Å².